The van der Waals surface area contributed by atoms with Crippen molar-refractivity contribution in [1.29, 1.82) is 0 Å². The second-order valence-corrected chi connectivity index (χ2v) is 7.20. The van der Waals surface area contributed by atoms with Gasteiger partial charge >= 0.3 is 6.18 Å². The van der Waals surface area contributed by atoms with Crippen LogP contribution in [0.2, 0.25) is 0 Å². The predicted octanol–water partition coefficient (Wildman–Crippen LogP) is 4.73. The summed E-state index contributed by atoms with van der Waals surface area (Å²) in [7, 11) is 0. The molecule has 2 atom stereocenters. The Morgan fingerprint density at radius 2 is 1.72 bits per heavy atom. The minimum Gasteiger partial charge on any atom is -0.380 e. The number of aliphatic hydroxyl groups is 1. The van der Waals surface area contributed by atoms with Gasteiger partial charge in [0.1, 0.15) is 5.82 Å². The first kappa shape index (κ1) is 19.4. The quantitative estimate of drug-likeness (QED) is 0.641. The van der Waals surface area contributed by atoms with Gasteiger partial charge < -0.3 is 5.11 Å². The molecule has 29 heavy (non-hydrogen) atoms. The lowest BCUT2D eigenvalue weighted by Crippen LogP contribution is -2.53. The van der Waals surface area contributed by atoms with E-state index in [-0.39, 0.29) is 12.2 Å². The molecule has 0 aliphatic heterocycles. The molecule has 2 aromatic carbocycles. The molecule has 0 saturated heterocycles. The van der Waals surface area contributed by atoms with E-state index in [2.05, 4.69) is 5.10 Å². The van der Waals surface area contributed by atoms with Gasteiger partial charge in [-0.25, -0.2) is 9.07 Å². The van der Waals surface area contributed by atoms with Gasteiger partial charge in [0, 0.05) is 12.3 Å². The Balaban J connectivity index is 1.66. The molecule has 4 rings (SSSR count). The van der Waals surface area contributed by atoms with Crippen LogP contribution in [0.15, 0.2) is 66.9 Å². The zero-order valence-corrected chi connectivity index (χ0v) is 15.3. The van der Waals surface area contributed by atoms with Crippen LogP contribution in [0.3, 0.4) is 0 Å². The summed E-state index contributed by atoms with van der Waals surface area (Å²) >= 11 is 0. The van der Waals surface area contributed by atoms with Crippen molar-refractivity contribution in [2.24, 2.45) is 5.92 Å². The first-order chi connectivity index (χ1) is 13.8. The maximum absolute atomic E-state index is 13.9. The number of rotatable bonds is 4. The standard InChI is InChI=1S/C22H18F4N2O/c23-18-7-9-19(10-8-18)28-20-11-6-17(12-16(20)14-27-28)21(29,22(24,25)26)13-15-4-2-1-3-5-15/h1-11,14,17,29H,12-13H2. The monoisotopic (exact) mass is 402 g/mol. The van der Waals surface area contributed by atoms with Crippen LogP contribution >= 0.6 is 0 Å². The summed E-state index contributed by atoms with van der Waals surface area (Å²) in [6, 6.07) is 13.8. The Bertz CT molecular complexity index is 1030. The molecule has 3 aromatic rings. The second kappa shape index (κ2) is 7.15. The molecule has 3 nitrogen and oxygen atoms in total. The molecular formula is C22H18F4N2O. The van der Waals surface area contributed by atoms with Crippen LogP contribution in [0.25, 0.3) is 11.8 Å². The highest BCUT2D eigenvalue weighted by Gasteiger charge is 2.57. The highest BCUT2D eigenvalue weighted by atomic mass is 19.4. The Hall–Kier alpha value is -2.93. The number of nitrogens with zero attached hydrogens (tertiary/aromatic N) is 2. The summed E-state index contributed by atoms with van der Waals surface area (Å²) in [5.74, 6) is -1.54. The third kappa shape index (κ3) is 3.58. The molecule has 7 heteroatoms. The summed E-state index contributed by atoms with van der Waals surface area (Å²) in [5, 5.41) is 15.0. The van der Waals surface area contributed by atoms with E-state index in [4.69, 9.17) is 0 Å². The molecule has 1 aliphatic carbocycles. The van der Waals surface area contributed by atoms with Crippen molar-refractivity contribution in [3.8, 4) is 5.69 Å². The van der Waals surface area contributed by atoms with Gasteiger partial charge in [0.15, 0.2) is 5.60 Å². The molecule has 1 heterocycles. The summed E-state index contributed by atoms with van der Waals surface area (Å²) in [4.78, 5) is 0. The van der Waals surface area contributed by atoms with E-state index >= 15 is 0 Å². The largest absolute Gasteiger partial charge is 0.418 e. The minimum absolute atomic E-state index is 0.00410. The zero-order chi connectivity index (χ0) is 20.6. The number of hydrogen-bond donors (Lipinski definition) is 1. The van der Waals surface area contributed by atoms with Gasteiger partial charge in [-0.15, -0.1) is 0 Å². The summed E-state index contributed by atoms with van der Waals surface area (Å²) < 4.78 is 56.5. The smallest absolute Gasteiger partial charge is 0.380 e. The first-order valence-corrected chi connectivity index (χ1v) is 9.12. The van der Waals surface area contributed by atoms with Gasteiger partial charge in [0.05, 0.1) is 17.6 Å². The molecule has 0 bridgehead atoms. The fourth-order valence-electron chi connectivity index (χ4n) is 3.70. The van der Waals surface area contributed by atoms with E-state index in [0.29, 0.717) is 22.5 Å². The van der Waals surface area contributed by atoms with E-state index in [9.17, 15) is 22.7 Å². The molecule has 2 unspecified atom stereocenters. The Kier molecular flexibility index (Phi) is 4.78. The van der Waals surface area contributed by atoms with Gasteiger partial charge in [0.25, 0.3) is 0 Å². The van der Waals surface area contributed by atoms with Crippen LogP contribution in [0.5, 0.6) is 0 Å². The molecule has 0 saturated carbocycles. The highest BCUT2D eigenvalue weighted by molar-refractivity contribution is 5.56. The maximum atomic E-state index is 13.9. The van der Waals surface area contributed by atoms with E-state index in [1.807, 2.05) is 0 Å². The highest BCUT2D eigenvalue weighted by Crippen LogP contribution is 2.43. The molecule has 1 aliphatic rings. The third-order valence-electron chi connectivity index (χ3n) is 5.30. The van der Waals surface area contributed by atoms with E-state index < -0.39 is 24.1 Å². The fraction of sp³-hybridized carbons (Fsp3) is 0.227. The number of benzene rings is 2. The van der Waals surface area contributed by atoms with Gasteiger partial charge in [-0.1, -0.05) is 36.4 Å². The van der Waals surface area contributed by atoms with Crippen molar-refractivity contribution in [2.45, 2.75) is 24.6 Å². The average Bonchev–Trinajstić information content (AvgIpc) is 3.12. The summed E-state index contributed by atoms with van der Waals surface area (Å²) in [6.45, 7) is 0. The SMILES string of the molecule is OC(Cc1ccccc1)(C1C=Cc2c(cnn2-c2ccc(F)cc2)C1)C(F)(F)F. The van der Waals surface area contributed by atoms with Crippen LogP contribution in [0, 0.1) is 11.7 Å². The van der Waals surface area contributed by atoms with Gasteiger partial charge in [-0.2, -0.15) is 18.3 Å². The second-order valence-electron chi connectivity index (χ2n) is 7.20. The van der Waals surface area contributed by atoms with E-state index in [1.165, 1.54) is 24.4 Å². The van der Waals surface area contributed by atoms with Crippen molar-refractivity contribution in [3.63, 3.8) is 0 Å². The molecule has 0 spiro atoms. The number of alkyl halides is 3. The van der Waals surface area contributed by atoms with Crippen molar-refractivity contribution >= 4 is 6.08 Å². The lowest BCUT2D eigenvalue weighted by Gasteiger charge is -2.37. The number of hydrogen-bond acceptors (Lipinski definition) is 2. The van der Waals surface area contributed by atoms with Crippen LogP contribution in [0.1, 0.15) is 16.8 Å². The third-order valence-corrected chi connectivity index (χ3v) is 5.30. The lowest BCUT2D eigenvalue weighted by molar-refractivity contribution is -0.273. The lowest BCUT2D eigenvalue weighted by atomic mass is 9.76. The molecule has 0 radical (unpaired) electrons. The van der Waals surface area contributed by atoms with E-state index in [1.54, 1.807) is 53.2 Å². The molecule has 1 N–H and O–H groups in total. The van der Waals surface area contributed by atoms with Crippen LogP contribution in [0.4, 0.5) is 17.6 Å². The first-order valence-electron chi connectivity index (χ1n) is 9.12. The number of fused-ring (bicyclic) bond motifs is 1. The van der Waals surface area contributed by atoms with Crippen molar-refractivity contribution in [1.82, 2.24) is 9.78 Å². The van der Waals surface area contributed by atoms with Gasteiger partial charge in [-0.3, -0.25) is 0 Å². The number of aromatic nitrogens is 2. The van der Waals surface area contributed by atoms with Crippen molar-refractivity contribution in [3.05, 3.63) is 89.5 Å². The van der Waals surface area contributed by atoms with Crippen molar-refractivity contribution in [2.75, 3.05) is 0 Å². The van der Waals surface area contributed by atoms with Gasteiger partial charge in [0.2, 0.25) is 0 Å². The van der Waals surface area contributed by atoms with Crippen LogP contribution < -0.4 is 0 Å². The average molecular weight is 402 g/mol. The predicted molar refractivity (Wildman–Crippen MR) is 101 cm³/mol. The molecule has 0 amide bonds. The maximum Gasteiger partial charge on any atom is 0.418 e. The summed E-state index contributed by atoms with van der Waals surface area (Å²) in [5.41, 5.74) is -0.671. The fourth-order valence-corrected chi connectivity index (χ4v) is 3.70. The zero-order valence-electron chi connectivity index (χ0n) is 15.3. The van der Waals surface area contributed by atoms with Crippen LogP contribution in [-0.4, -0.2) is 26.7 Å². The van der Waals surface area contributed by atoms with Crippen LogP contribution in [-0.2, 0) is 12.8 Å². The summed E-state index contributed by atoms with van der Waals surface area (Å²) in [6.07, 6.45) is -0.914. The minimum atomic E-state index is -4.80. The normalized spacial score (nSPS) is 18.3. The van der Waals surface area contributed by atoms with Crippen molar-refractivity contribution < 1.29 is 22.7 Å². The van der Waals surface area contributed by atoms with E-state index in [0.717, 1.165) is 0 Å². The van der Waals surface area contributed by atoms with Gasteiger partial charge in [-0.05, 0) is 47.9 Å². The molecule has 0 fully saturated rings. The Labute approximate surface area is 164 Å². The molecule has 150 valence electrons. The topological polar surface area (TPSA) is 38.1 Å². The number of halogens is 4. The molecule has 1 aromatic heterocycles. The Morgan fingerprint density at radius 1 is 1.03 bits per heavy atom. The Morgan fingerprint density at radius 3 is 2.38 bits per heavy atom. The molecular weight excluding hydrogens is 384 g/mol.